The molecule has 3 aromatic rings. The molecule has 0 aliphatic carbocycles. The zero-order valence-electron chi connectivity index (χ0n) is 18.9. The largest absolute Gasteiger partial charge is 0.380 e. The fraction of sp³-hybridized carbons (Fsp3) is 0.364. The number of hydrogen-bond acceptors (Lipinski definition) is 8. The Labute approximate surface area is 197 Å². The summed E-state index contributed by atoms with van der Waals surface area (Å²) in [4.78, 5) is 20.7. The molecule has 2 aromatic heterocycles. The van der Waals surface area contributed by atoms with Crippen molar-refractivity contribution in [1.82, 2.24) is 24.5 Å². The highest BCUT2D eigenvalue weighted by Crippen LogP contribution is 2.25. The normalized spacial score (nSPS) is 16.9. The number of anilines is 2. The summed E-state index contributed by atoms with van der Waals surface area (Å²) in [6.07, 6.45) is 6.10. The van der Waals surface area contributed by atoms with Crippen molar-refractivity contribution in [1.29, 1.82) is 0 Å². The number of carbonyl (C=O) groups excluding carboxylic acids is 1. The number of nitrogens with two attached hydrogens (primary N) is 1. The van der Waals surface area contributed by atoms with Crippen LogP contribution in [0.3, 0.4) is 0 Å². The number of benzene rings is 1. The molecule has 0 radical (unpaired) electrons. The third kappa shape index (κ3) is 5.24. The Bertz CT molecular complexity index is 1270. The predicted octanol–water partition coefficient (Wildman–Crippen LogP) is 1.90. The number of aryl methyl sites for hydroxylation is 1. The molecule has 1 fully saturated rings. The lowest BCUT2D eigenvalue weighted by Gasteiger charge is -2.12. The quantitative estimate of drug-likeness (QED) is 0.415. The topological polar surface area (TPSA) is 154 Å². The third-order valence-corrected chi connectivity index (χ3v) is 7.09. The van der Waals surface area contributed by atoms with Crippen molar-refractivity contribution >= 4 is 27.6 Å². The first-order chi connectivity index (χ1) is 16.3. The Morgan fingerprint density at radius 3 is 2.71 bits per heavy atom. The number of sulfonamides is 1. The average Bonchev–Trinajstić information content (AvgIpc) is 3.47. The Morgan fingerprint density at radius 1 is 1.29 bits per heavy atom. The number of ether oxygens (including phenoxy) is 1. The number of carbonyl (C=O) groups is 1. The predicted molar refractivity (Wildman–Crippen MR) is 126 cm³/mol. The Morgan fingerprint density at radius 2 is 2.06 bits per heavy atom. The molecule has 4 rings (SSSR count). The van der Waals surface area contributed by atoms with Crippen molar-refractivity contribution < 1.29 is 17.9 Å². The summed E-state index contributed by atoms with van der Waals surface area (Å²) < 4.78 is 34.7. The van der Waals surface area contributed by atoms with Crippen LogP contribution in [0.2, 0.25) is 0 Å². The van der Waals surface area contributed by atoms with E-state index >= 15 is 0 Å². The van der Waals surface area contributed by atoms with Crippen molar-refractivity contribution in [3.05, 3.63) is 48.4 Å². The molecule has 2 atom stereocenters. The summed E-state index contributed by atoms with van der Waals surface area (Å²) in [5.74, 6) is -0.116. The molecule has 1 amide bonds. The first-order valence-corrected chi connectivity index (χ1v) is 12.4. The maximum atomic E-state index is 12.6. The number of hydrogen-bond donors (Lipinski definition) is 3. The van der Waals surface area contributed by atoms with Crippen molar-refractivity contribution in [2.75, 3.05) is 18.5 Å². The van der Waals surface area contributed by atoms with Crippen molar-refractivity contribution in [3.8, 4) is 11.3 Å². The number of nitrogens with zero attached hydrogens (tertiary/aromatic N) is 4. The van der Waals surface area contributed by atoms with E-state index in [-0.39, 0.29) is 10.9 Å². The molecule has 1 aromatic carbocycles. The second-order valence-electron chi connectivity index (χ2n) is 8.09. The molecule has 180 valence electrons. The molecule has 34 heavy (non-hydrogen) atoms. The minimum absolute atomic E-state index is 0.181. The van der Waals surface area contributed by atoms with Gasteiger partial charge in [0.25, 0.3) is 0 Å². The lowest BCUT2D eigenvalue weighted by molar-refractivity contribution is -0.121. The van der Waals surface area contributed by atoms with Gasteiger partial charge in [-0.3, -0.25) is 9.48 Å². The van der Waals surface area contributed by atoms with E-state index in [1.165, 1.54) is 4.68 Å². The van der Waals surface area contributed by atoms with Crippen LogP contribution < -0.4 is 15.8 Å². The zero-order valence-corrected chi connectivity index (χ0v) is 19.7. The van der Waals surface area contributed by atoms with Crippen LogP contribution in [0, 0.1) is 6.92 Å². The summed E-state index contributed by atoms with van der Waals surface area (Å²) in [6.45, 7) is 4.67. The highest BCUT2D eigenvalue weighted by molar-refractivity contribution is 7.89. The second kappa shape index (κ2) is 9.87. The summed E-state index contributed by atoms with van der Waals surface area (Å²) in [5, 5.41) is 7.28. The van der Waals surface area contributed by atoms with E-state index < -0.39 is 22.0 Å². The first-order valence-electron chi connectivity index (χ1n) is 10.9. The van der Waals surface area contributed by atoms with Gasteiger partial charge in [0.15, 0.2) is 0 Å². The van der Waals surface area contributed by atoms with Crippen LogP contribution in [-0.4, -0.2) is 53.3 Å². The number of nitrogens with one attached hydrogen (secondary N) is 2. The van der Waals surface area contributed by atoms with Gasteiger partial charge in [-0.15, -0.1) is 0 Å². The van der Waals surface area contributed by atoms with Crippen LogP contribution in [0.15, 0.2) is 47.8 Å². The SMILES string of the molecule is CCC(C(N)=O)n1cc(Nc2ncc(C)c(-c3ccc(S(=O)(=O)NC4CCOC4)cc3)n2)cn1. The van der Waals surface area contributed by atoms with Gasteiger partial charge in [-0.25, -0.2) is 23.1 Å². The molecule has 1 aliphatic rings. The number of aromatic nitrogens is 4. The van der Waals surface area contributed by atoms with Crippen LogP contribution in [-0.2, 0) is 19.6 Å². The number of rotatable bonds is 9. The molecule has 0 spiro atoms. The fourth-order valence-corrected chi connectivity index (χ4v) is 4.98. The lowest BCUT2D eigenvalue weighted by atomic mass is 10.1. The van der Waals surface area contributed by atoms with Crippen LogP contribution in [0.5, 0.6) is 0 Å². The van der Waals surface area contributed by atoms with Crippen LogP contribution >= 0.6 is 0 Å². The lowest BCUT2D eigenvalue weighted by Crippen LogP contribution is -2.34. The fourth-order valence-electron chi connectivity index (χ4n) is 3.72. The van der Waals surface area contributed by atoms with Gasteiger partial charge in [0.1, 0.15) is 6.04 Å². The molecule has 11 nitrogen and oxygen atoms in total. The van der Waals surface area contributed by atoms with Gasteiger partial charge >= 0.3 is 0 Å². The van der Waals surface area contributed by atoms with Gasteiger partial charge in [-0.2, -0.15) is 5.10 Å². The number of amides is 1. The summed E-state index contributed by atoms with van der Waals surface area (Å²) in [6, 6.07) is 5.81. The van der Waals surface area contributed by atoms with Gasteiger partial charge in [0.2, 0.25) is 21.9 Å². The van der Waals surface area contributed by atoms with Crippen LogP contribution in [0.1, 0.15) is 31.4 Å². The van der Waals surface area contributed by atoms with Gasteiger partial charge in [0, 0.05) is 30.6 Å². The highest BCUT2D eigenvalue weighted by Gasteiger charge is 2.23. The van der Waals surface area contributed by atoms with E-state index in [0.717, 1.165) is 11.1 Å². The van der Waals surface area contributed by atoms with E-state index in [1.807, 2.05) is 13.8 Å². The van der Waals surface area contributed by atoms with Gasteiger partial charge in [-0.05, 0) is 37.5 Å². The van der Waals surface area contributed by atoms with Crippen molar-refractivity contribution in [3.63, 3.8) is 0 Å². The van der Waals surface area contributed by atoms with Crippen molar-refractivity contribution in [2.24, 2.45) is 5.73 Å². The molecule has 2 unspecified atom stereocenters. The third-order valence-electron chi connectivity index (χ3n) is 5.55. The summed E-state index contributed by atoms with van der Waals surface area (Å²) >= 11 is 0. The van der Waals surface area contributed by atoms with E-state index in [0.29, 0.717) is 43.4 Å². The van der Waals surface area contributed by atoms with Crippen LogP contribution in [0.25, 0.3) is 11.3 Å². The Kier molecular flexibility index (Phi) is 6.91. The Balaban J connectivity index is 1.52. The summed E-state index contributed by atoms with van der Waals surface area (Å²) in [7, 11) is -3.63. The molecule has 1 aliphatic heterocycles. The highest BCUT2D eigenvalue weighted by atomic mass is 32.2. The van der Waals surface area contributed by atoms with Gasteiger partial charge < -0.3 is 15.8 Å². The second-order valence-corrected chi connectivity index (χ2v) is 9.81. The first kappa shape index (κ1) is 23.8. The van der Waals surface area contributed by atoms with Crippen molar-refractivity contribution in [2.45, 2.75) is 43.7 Å². The maximum Gasteiger partial charge on any atom is 0.242 e. The van der Waals surface area contributed by atoms with E-state index in [9.17, 15) is 13.2 Å². The molecule has 1 saturated heterocycles. The molecule has 12 heteroatoms. The average molecular weight is 486 g/mol. The summed E-state index contributed by atoms with van der Waals surface area (Å²) in [5.41, 5.74) is 8.28. The van der Waals surface area contributed by atoms with Crippen LogP contribution in [0.4, 0.5) is 11.6 Å². The molecule has 3 heterocycles. The standard InChI is InChI=1S/C22H27N7O4S/c1-3-19(21(23)30)29-12-17(11-25-29)26-22-24-10-14(2)20(27-22)15-4-6-18(7-5-15)34(31,32)28-16-8-9-33-13-16/h4-7,10-12,16,19,28H,3,8-9,13H2,1-2H3,(H2,23,30)(H,24,26,27). The Hall–Kier alpha value is -3.35. The molecular formula is C22H27N7O4S. The van der Waals surface area contributed by atoms with Gasteiger partial charge in [0.05, 0.1) is 29.1 Å². The smallest absolute Gasteiger partial charge is 0.242 e. The molecular weight excluding hydrogens is 458 g/mol. The minimum Gasteiger partial charge on any atom is -0.380 e. The molecule has 0 bridgehead atoms. The van der Waals surface area contributed by atoms with E-state index in [2.05, 4.69) is 25.1 Å². The van der Waals surface area contributed by atoms with E-state index in [1.54, 1.807) is 42.9 Å². The van der Waals surface area contributed by atoms with Gasteiger partial charge in [-0.1, -0.05) is 19.1 Å². The number of primary amides is 1. The monoisotopic (exact) mass is 485 g/mol. The maximum absolute atomic E-state index is 12.6. The molecule has 0 saturated carbocycles. The molecule has 4 N–H and O–H groups in total. The minimum atomic E-state index is -3.63. The van der Waals surface area contributed by atoms with E-state index in [4.69, 9.17) is 10.5 Å². The zero-order chi connectivity index (χ0) is 24.3.